The van der Waals surface area contributed by atoms with Crippen LogP contribution in [0.4, 0.5) is 5.69 Å². The molecule has 1 aromatic carbocycles. The van der Waals surface area contributed by atoms with Crippen molar-refractivity contribution in [3.8, 4) is 0 Å². The Bertz CT molecular complexity index is 344. The topological polar surface area (TPSA) is 12.0 Å². The van der Waals surface area contributed by atoms with Gasteiger partial charge in [0.05, 0.1) is 10.7 Å². The molecule has 0 fully saturated rings. The van der Waals surface area contributed by atoms with Gasteiger partial charge in [-0.1, -0.05) is 37.6 Å². The van der Waals surface area contributed by atoms with E-state index < -0.39 is 0 Å². The van der Waals surface area contributed by atoms with Gasteiger partial charge in [-0.15, -0.1) is 0 Å². The van der Waals surface area contributed by atoms with E-state index >= 15 is 0 Å². The first-order chi connectivity index (χ1) is 6.58. The molecule has 1 aliphatic rings. The van der Waals surface area contributed by atoms with E-state index in [0.29, 0.717) is 5.41 Å². The van der Waals surface area contributed by atoms with Gasteiger partial charge < -0.3 is 5.32 Å². The minimum atomic E-state index is 0.378. The molecule has 0 bridgehead atoms. The maximum absolute atomic E-state index is 6.15. The number of halogens is 1. The molecule has 0 radical (unpaired) electrons. The molecule has 1 heterocycles. The van der Waals surface area contributed by atoms with Crippen molar-refractivity contribution < 1.29 is 0 Å². The molecule has 0 aliphatic carbocycles. The lowest BCUT2D eigenvalue weighted by molar-refractivity contribution is 0.349. The van der Waals surface area contributed by atoms with Crippen LogP contribution in [0.15, 0.2) is 18.2 Å². The third kappa shape index (κ3) is 1.88. The summed E-state index contributed by atoms with van der Waals surface area (Å²) in [7, 11) is 0. The Morgan fingerprint density at radius 3 is 2.93 bits per heavy atom. The van der Waals surface area contributed by atoms with Crippen LogP contribution in [-0.2, 0) is 6.42 Å². The normalized spacial score (nSPS) is 19.4. The predicted octanol–water partition coefficient (Wildman–Crippen LogP) is 3.72. The molecule has 2 rings (SSSR count). The zero-order valence-electron chi connectivity index (χ0n) is 8.73. The van der Waals surface area contributed by atoms with Crippen LogP contribution < -0.4 is 5.32 Å². The number of anilines is 1. The second-order valence-electron chi connectivity index (χ2n) is 4.79. The van der Waals surface area contributed by atoms with Crippen LogP contribution in [0.5, 0.6) is 0 Å². The quantitative estimate of drug-likeness (QED) is 0.687. The van der Waals surface area contributed by atoms with Crippen LogP contribution in [-0.4, -0.2) is 6.54 Å². The van der Waals surface area contributed by atoms with Crippen molar-refractivity contribution in [2.75, 3.05) is 11.9 Å². The first kappa shape index (κ1) is 9.85. The molecule has 1 nitrogen and oxygen atoms in total. The highest BCUT2D eigenvalue weighted by molar-refractivity contribution is 6.33. The second-order valence-corrected chi connectivity index (χ2v) is 5.20. The van der Waals surface area contributed by atoms with Crippen molar-refractivity contribution >= 4 is 17.3 Å². The van der Waals surface area contributed by atoms with E-state index in [0.717, 1.165) is 23.7 Å². The molecule has 0 spiro atoms. The molecule has 1 aromatic rings. The minimum Gasteiger partial charge on any atom is -0.384 e. The SMILES string of the molecule is CC1(C)CCNc2c(Cl)cccc2C1. The highest BCUT2D eigenvalue weighted by Crippen LogP contribution is 2.35. The highest BCUT2D eigenvalue weighted by Gasteiger charge is 2.23. The maximum Gasteiger partial charge on any atom is 0.0640 e. The lowest BCUT2D eigenvalue weighted by Gasteiger charge is -2.21. The number of benzene rings is 1. The number of nitrogens with one attached hydrogen (secondary N) is 1. The zero-order chi connectivity index (χ0) is 10.2. The van der Waals surface area contributed by atoms with Gasteiger partial charge in [0.25, 0.3) is 0 Å². The number of rotatable bonds is 0. The van der Waals surface area contributed by atoms with E-state index in [1.165, 1.54) is 12.0 Å². The standard InChI is InChI=1S/C12H16ClN/c1-12(2)6-7-14-11-9(8-12)4-3-5-10(11)13/h3-5,14H,6-8H2,1-2H3. The van der Waals surface area contributed by atoms with E-state index in [1.807, 2.05) is 12.1 Å². The molecular weight excluding hydrogens is 194 g/mol. The van der Waals surface area contributed by atoms with Crippen molar-refractivity contribution in [3.63, 3.8) is 0 Å². The summed E-state index contributed by atoms with van der Waals surface area (Å²) in [4.78, 5) is 0. The summed E-state index contributed by atoms with van der Waals surface area (Å²) in [6.07, 6.45) is 2.30. The van der Waals surface area contributed by atoms with E-state index in [4.69, 9.17) is 11.6 Å². The Hall–Kier alpha value is -0.690. The van der Waals surface area contributed by atoms with Crippen molar-refractivity contribution in [1.29, 1.82) is 0 Å². The third-order valence-electron chi connectivity index (χ3n) is 2.87. The van der Waals surface area contributed by atoms with Crippen molar-refractivity contribution in [2.45, 2.75) is 26.7 Å². The summed E-state index contributed by atoms with van der Waals surface area (Å²) in [6.45, 7) is 5.64. The smallest absolute Gasteiger partial charge is 0.0640 e. The average Bonchev–Trinajstić information content (AvgIpc) is 2.23. The number of fused-ring (bicyclic) bond motifs is 1. The molecule has 0 aromatic heterocycles. The van der Waals surface area contributed by atoms with Gasteiger partial charge in [-0.25, -0.2) is 0 Å². The maximum atomic E-state index is 6.15. The number of hydrogen-bond acceptors (Lipinski definition) is 1. The lowest BCUT2D eigenvalue weighted by Crippen LogP contribution is -2.15. The van der Waals surface area contributed by atoms with Gasteiger partial charge >= 0.3 is 0 Å². The van der Waals surface area contributed by atoms with Crippen LogP contribution in [0.1, 0.15) is 25.8 Å². The first-order valence-electron chi connectivity index (χ1n) is 5.10. The minimum absolute atomic E-state index is 0.378. The molecule has 0 saturated heterocycles. The number of hydrogen-bond donors (Lipinski definition) is 1. The summed E-state index contributed by atoms with van der Waals surface area (Å²) < 4.78 is 0. The molecule has 0 amide bonds. The van der Waals surface area contributed by atoms with E-state index in [2.05, 4.69) is 25.2 Å². The summed E-state index contributed by atoms with van der Waals surface area (Å²) in [6, 6.07) is 6.15. The molecule has 14 heavy (non-hydrogen) atoms. The summed E-state index contributed by atoms with van der Waals surface area (Å²) in [5, 5.41) is 4.26. The first-order valence-corrected chi connectivity index (χ1v) is 5.48. The Morgan fingerprint density at radius 1 is 1.36 bits per heavy atom. The van der Waals surface area contributed by atoms with Gasteiger partial charge in [0.15, 0.2) is 0 Å². The Balaban J connectivity index is 2.42. The van der Waals surface area contributed by atoms with Gasteiger partial charge in [0.2, 0.25) is 0 Å². The summed E-state index contributed by atoms with van der Waals surface area (Å²) in [5.74, 6) is 0. The van der Waals surface area contributed by atoms with Gasteiger partial charge in [-0.05, 0) is 29.9 Å². The number of para-hydroxylation sites is 1. The van der Waals surface area contributed by atoms with Crippen LogP contribution in [0, 0.1) is 5.41 Å². The predicted molar refractivity (Wildman–Crippen MR) is 62.0 cm³/mol. The fourth-order valence-electron chi connectivity index (χ4n) is 2.04. The molecule has 2 heteroatoms. The van der Waals surface area contributed by atoms with Crippen LogP contribution in [0.2, 0.25) is 5.02 Å². The summed E-state index contributed by atoms with van der Waals surface area (Å²) in [5.41, 5.74) is 2.86. The lowest BCUT2D eigenvalue weighted by atomic mass is 9.83. The Labute approximate surface area is 90.5 Å². The third-order valence-corrected chi connectivity index (χ3v) is 3.19. The van der Waals surface area contributed by atoms with Crippen LogP contribution in [0.3, 0.4) is 0 Å². The zero-order valence-corrected chi connectivity index (χ0v) is 9.49. The van der Waals surface area contributed by atoms with Gasteiger partial charge in [0, 0.05) is 6.54 Å². The molecule has 1 N–H and O–H groups in total. The fourth-order valence-corrected chi connectivity index (χ4v) is 2.30. The molecule has 76 valence electrons. The van der Waals surface area contributed by atoms with Crippen LogP contribution in [0.25, 0.3) is 0 Å². The molecule has 1 aliphatic heterocycles. The Kier molecular flexibility index (Phi) is 2.44. The average molecular weight is 210 g/mol. The fraction of sp³-hybridized carbons (Fsp3) is 0.500. The summed E-state index contributed by atoms with van der Waals surface area (Å²) >= 11 is 6.15. The molecular formula is C12H16ClN. The van der Waals surface area contributed by atoms with Crippen LogP contribution >= 0.6 is 11.6 Å². The largest absolute Gasteiger partial charge is 0.384 e. The highest BCUT2D eigenvalue weighted by atomic mass is 35.5. The van der Waals surface area contributed by atoms with E-state index in [-0.39, 0.29) is 0 Å². The van der Waals surface area contributed by atoms with Crippen molar-refractivity contribution in [1.82, 2.24) is 0 Å². The van der Waals surface area contributed by atoms with E-state index in [1.54, 1.807) is 0 Å². The van der Waals surface area contributed by atoms with Crippen molar-refractivity contribution in [3.05, 3.63) is 28.8 Å². The Morgan fingerprint density at radius 2 is 2.14 bits per heavy atom. The molecule has 0 unspecified atom stereocenters. The second kappa shape index (κ2) is 3.47. The molecule has 0 atom stereocenters. The van der Waals surface area contributed by atoms with Gasteiger partial charge in [-0.3, -0.25) is 0 Å². The molecule has 0 saturated carbocycles. The van der Waals surface area contributed by atoms with Gasteiger partial charge in [-0.2, -0.15) is 0 Å². The van der Waals surface area contributed by atoms with Crippen molar-refractivity contribution in [2.24, 2.45) is 5.41 Å². The van der Waals surface area contributed by atoms with E-state index in [9.17, 15) is 0 Å². The monoisotopic (exact) mass is 209 g/mol. The van der Waals surface area contributed by atoms with Gasteiger partial charge in [0.1, 0.15) is 0 Å².